The quantitative estimate of drug-likeness (QED) is 0.159. The lowest BCUT2D eigenvalue weighted by Crippen LogP contribution is -2.15. The third-order valence-corrected chi connectivity index (χ3v) is 3.20. The first-order valence-electron chi connectivity index (χ1n) is 9.94. The fourth-order valence-electron chi connectivity index (χ4n) is 1.81. The Morgan fingerprint density at radius 2 is 0.700 bits per heavy atom. The molecular formula is C20H42O10. The lowest BCUT2D eigenvalue weighted by molar-refractivity contribution is -0.142. The average Bonchev–Trinajstić information content (AvgIpc) is 2.71. The van der Waals surface area contributed by atoms with Gasteiger partial charge in [0.25, 0.3) is 0 Å². The highest BCUT2D eigenvalue weighted by atomic mass is 16.6. The maximum atomic E-state index is 10.5. The number of carbonyl (C=O) groups excluding carboxylic acids is 1. The molecule has 0 unspecified atom stereocenters. The fourth-order valence-corrected chi connectivity index (χ4v) is 1.81. The van der Waals surface area contributed by atoms with Crippen molar-refractivity contribution in [3.63, 3.8) is 0 Å². The van der Waals surface area contributed by atoms with Crippen molar-refractivity contribution < 1.29 is 47.4 Å². The zero-order valence-corrected chi connectivity index (χ0v) is 17.9. The number of carbonyl (C=O) groups is 1. The van der Waals surface area contributed by atoms with E-state index in [0.29, 0.717) is 99.1 Å². The van der Waals surface area contributed by atoms with E-state index in [1.54, 1.807) is 7.11 Å². The molecule has 0 N–H and O–H groups in total. The summed E-state index contributed by atoms with van der Waals surface area (Å²) >= 11 is 0. The second-order valence-electron chi connectivity index (χ2n) is 5.62. The molecule has 0 spiro atoms. The molecule has 0 aromatic rings. The van der Waals surface area contributed by atoms with Gasteiger partial charge in [0.05, 0.1) is 99.1 Å². The van der Waals surface area contributed by atoms with Gasteiger partial charge in [-0.05, 0) is 0 Å². The van der Waals surface area contributed by atoms with E-state index >= 15 is 0 Å². The van der Waals surface area contributed by atoms with Crippen LogP contribution in [0.3, 0.4) is 0 Å². The summed E-state index contributed by atoms with van der Waals surface area (Å²) in [5.74, 6) is -0.306. The molecule has 30 heavy (non-hydrogen) atoms. The minimum Gasteiger partial charge on any atom is -0.463 e. The number of rotatable bonds is 24. The molecule has 0 aliphatic rings. The minimum absolute atomic E-state index is 0. The van der Waals surface area contributed by atoms with Crippen molar-refractivity contribution in [3.8, 4) is 0 Å². The highest BCUT2D eigenvalue weighted by molar-refractivity contribution is 5.65. The van der Waals surface area contributed by atoms with Crippen molar-refractivity contribution in [3.05, 3.63) is 0 Å². The van der Waals surface area contributed by atoms with Crippen LogP contribution in [0.5, 0.6) is 0 Å². The predicted molar refractivity (Wildman–Crippen MR) is 111 cm³/mol. The third kappa shape index (κ3) is 29.4. The Labute approximate surface area is 181 Å². The van der Waals surface area contributed by atoms with E-state index < -0.39 is 0 Å². The molecule has 0 saturated carbocycles. The van der Waals surface area contributed by atoms with Gasteiger partial charge in [0.15, 0.2) is 0 Å². The standard InChI is InChI=1S/C19H38O10.CH4/c1-19(20)29-18-17-28-16-15-27-14-13-26-12-11-25-10-9-24-8-7-23-6-5-22-4-3-21-2;/h3-18H2,1-2H3;1H4. The molecule has 0 rings (SSSR count). The Bertz CT molecular complexity index is 331. The van der Waals surface area contributed by atoms with Crippen LogP contribution in [0.2, 0.25) is 0 Å². The molecule has 0 aromatic carbocycles. The largest absolute Gasteiger partial charge is 0.463 e. The van der Waals surface area contributed by atoms with Gasteiger partial charge < -0.3 is 42.6 Å². The first-order chi connectivity index (χ1) is 14.3. The summed E-state index contributed by atoms with van der Waals surface area (Å²) in [7, 11) is 1.64. The van der Waals surface area contributed by atoms with Crippen LogP contribution >= 0.6 is 0 Å². The molecule has 0 heterocycles. The van der Waals surface area contributed by atoms with E-state index in [1.165, 1.54) is 6.92 Å². The van der Waals surface area contributed by atoms with Crippen LogP contribution in [0, 0.1) is 0 Å². The molecule has 182 valence electrons. The maximum Gasteiger partial charge on any atom is 0.302 e. The van der Waals surface area contributed by atoms with Crippen LogP contribution in [-0.4, -0.2) is 119 Å². The third-order valence-electron chi connectivity index (χ3n) is 3.20. The second kappa shape index (κ2) is 28.1. The smallest absolute Gasteiger partial charge is 0.302 e. The van der Waals surface area contributed by atoms with Crippen LogP contribution in [0.1, 0.15) is 14.4 Å². The van der Waals surface area contributed by atoms with E-state index in [0.717, 1.165) is 0 Å². The Hall–Kier alpha value is -0.850. The summed E-state index contributed by atoms with van der Waals surface area (Å²) in [6.07, 6.45) is 0. The van der Waals surface area contributed by atoms with Crippen LogP contribution in [-0.2, 0) is 47.4 Å². The van der Waals surface area contributed by atoms with Gasteiger partial charge in [-0.3, -0.25) is 4.79 Å². The molecule has 0 bridgehead atoms. The van der Waals surface area contributed by atoms with Crippen LogP contribution < -0.4 is 0 Å². The summed E-state index contributed by atoms with van der Waals surface area (Å²) in [4.78, 5) is 10.5. The molecular weight excluding hydrogens is 400 g/mol. The highest BCUT2D eigenvalue weighted by Gasteiger charge is 1.95. The topological polar surface area (TPSA) is 100 Å². The molecule has 0 saturated heterocycles. The molecule has 0 radical (unpaired) electrons. The molecule has 0 fully saturated rings. The first-order valence-corrected chi connectivity index (χ1v) is 9.94. The number of hydrogen-bond donors (Lipinski definition) is 0. The Morgan fingerprint density at radius 1 is 0.467 bits per heavy atom. The number of ether oxygens (including phenoxy) is 9. The monoisotopic (exact) mass is 442 g/mol. The van der Waals surface area contributed by atoms with E-state index in [1.807, 2.05) is 0 Å². The summed E-state index contributed by atoms with van der Waals surface area (Å²) in [5, 5.41) is 0. The van der Waals surface area contributed by atoms with Crippen LogP contribution in [0.25, 0.3) is 0 Å². The van der Waals surface area contributed by atoms with Crippen molar-refractivity contribution in [1.29, 1.82) is 0 Å². The van der Waals surface area contributed by atoms with Crippen molar-refractivity contribution in [2.24, 2.45) is 0 Å². The van der Waals surface area contributed by atoms with Crippen molar-refractivity contribution in [2.45, 2.75) is 14.4 Å². The molecule has 0 amide bonds. The van der Waals surface area contributed by atoms with Crippen molar-refractivity contribution >= 4 is 5.97 Å². The van der Waals surface area contributed by atoms with Gasteiger partial charge in [-0.25, -0.2) is 0 Å². The van der Waals surface area contributed by atoms with E-state index in [9.17, 15) is 4.79 Å². The summed E-state index contributed by atoms with van der Waals surface area (Å²) in [6, 6.07) is 0. The van der Waals surface area contributed by atoms with E-state index in [-0.39, 0.29) is 20.0 Å². The highest BCUT2D eigenvalue weighted by Crippen LogP contribution is 1.86. The van der Waals surface area contributed by atoms with Crippen molar-refractivity contribution in [2.75, 3.05) is 113 Å². The molecule has 10 heteroatoms. The maximum absolute atomic E-state index is 10.5. The lowest BCUT2D eigenvalue weighted by atomic mass is 10.6. The second-order valence-corrected chi connectivity index (χ2v) is 5.62. The Balaban J connectivity index is 0. The minimum atomic E-state index is -0.306. The van der Waals surface area contributed by atoms with Gasteiger partial charge in [-0.1, -0.05) is 7.43 Å². The number of methoxy groups -OCH3 is 1. The molecule has 0 aliphatic heterocycles. The molecule has 0 aromatic heterocycles. The van der Waals surface area contributed by atoms with Crippen LogP contribution in [0.15, 0.2) is 0 Å². The summed E-state index contributed by atoms with van der Waals surface area (Å²) in [5.41, 5.74) is 0. The Morgan fingerprint density at radius 3 is 0.933 bits per heavy atom. The zero-order chi connectivity index (χ0) is 21.3. The first kappa shape index (κ1) is 31.3. The SMILES string of the molecule is C.COCCOCCOCCOCCOCCOCCOCCOCCOC(C)=O. The summed E-state index contributed by atoms with van der Waals surface area (Å²) in [6.45, 7) is 9.34. The van der Waals surface area contributed by atoms with Gasteiger partial charge in [0, 0.05) is 14.0 Å². The van der Waals surface area contributed by atoms with Gasteiger partial charge in [-0.15, -0.1) is 0 Å². The molecule has 0 atom stereocenters. The van der Waals surface area contributed by atoms with Crippen LogP contribution in [0.4, 0.5) is 0 Å². The van der Waals surface area contributed by atoms with E-state index in [2.05, 4.69) is 0 Å². The Kier molecular flexibility index (Phi) is 29.4. The summed E-state index contributed by atoms with van der Waals surface area (Å²) < 4.78 is 47.0. The normalized spacial score (nSPS) is 10.7. The molecule has 10 nitrogen and oxygen atoms in total. The van der Waals surface area contributed by atoms with Crippen molar-refractivity contribution in [1.82, 2.24) is 0 Å². The zero-order valence-electron chi connectivity index (χ0n) is 17.9. The average molecular weight is 443 g/mol. The van der Waals surface area contributed by atoms with Gasteiger partial charge >= 0.3 is 5.97 Å². The van der Waals surface area contributed by atoms with E-state index in [4.69, 9.17) is 42.6 Å². The lowest BCUT2D eigenvalue weighted by Gasteiger charge is -2.08. The van der Waals surface area contributed by atoms with Gasteiger partial charge in [-0.2, -0.15) is 0 Å². The fraction of sp³-hybridized carbons (Fsp3) is 0.950. The predicted octanol–water partition coefficient (Wildman–Crippen LogP) is 0.948. The number of esters is 1. The number of hydrogen-bond acceptors (Lipinski definition) is 10. The van der Waals surface area contributed by atoms with Gasteiger partial charge in [0.1, 0.15) is 6.61 Å². The molecule has 0 aliphatic carbocycles. The van der Waals surface area contributed by atoms with Gasteiger partial charge in [0.2, 0.25) is 0 Å².